The summed E-state index contributed by atoms with van der Waals surface area (Å²) in [6.45, 7) is 0.562. The normalized spacial score (nSPS) is 19.5. The molecule has 0 saturated carbocycles. The van der Waals surface area contributed by atoms with E-state index in [1.165, 1.54) is 24.2 Å². The lowest BCUT2D eigenvalue weighted by atomic mass is 10.1. The van der Waals surface area contributed by atoms with Gasteiger partial charge in [0.25, 0.3) is 5.91 Å². The quantitative estimate of drug-likeness (QED) is 0.847. The second kappa shape index (κ2) is 8.71. The Bertz CT molecular complexity index is 890. The molecule has 9 heteroatoms. The molecule has 2 aliphatic heterocycles. The molecule has 0 radical (unpaired) electrons. The Kier molecular flexibility index (Phi) is 6.11. The van der Waals surface area contributed by atoms with Gasteiger partial charge in [0, 0.05) is 26.3 Å². The predicted molar refractivity (Wildman–Crippen MR) is 98.8 cm³/mol. The molecule has 3 rings (SSSR count). The van der Waals surface area contributed by atoms with E-state index in [2.05, 4.69) is 15.4 Å². The second-order valence-corrected chi connectivity index (χ2v) is 6.64. The molecule has 8 nitrogen and oxygen atoms in total. The van der Waals surface area contributed by atoms with Gasteiger partial charge in [-0.1, -0.05) is 0 Å². The minimum atomic E-state index is -0.470. The molecule has 2 heterocycles. The molecule has 0 aliphatic carbocycles. The fraction of sp³-hybridized carbons (Fsp3) is 0.421. The molecule has 1 aromatic carbocycles. The van der Waals surface area contributed by atoms with Gasteiger partial charge >= 0.3 is 0 Å². The maximum Gasteiger partial charge on any atom is 0.272 e. The van der Waals surface area contributed by atoms with E-state index in [0.29, 0.717) is 42.9 Å². The van der Waals surface area contributed by atoms with E-state index >= 15 is 0 Å². The molecule has 146 valence electrons. The van der Waals surface area contributed by atoms with Crippen LogP contribution in [0.4, 0.5) is 4.39 Å². The Labute approximate surface area is 161 Å². The van der Waals surface area contributed by atoms with Gasteiger partial charge in [0.2, 0.25) is 5.91 Å². The molecule has 1 unspecified atom stereocenters. The molecule has 1 aromatic rings. The monoisotopic (exact) mass is 385 g/mol. The second-order valence-electron chi connectivity index (χ2n) is 6.64. The summed E-state index contributed by atoms with van der Waals surface area (Å²) in [5, 5.41) is 16.8. The van der Waals surface area contributed by atoms with Crippen LogP contribution < -0.4 is 5.32 Å². The van der Waals surface area contributed by atoms with Gasteiger partial charge in [0.05, 0.1) is 30.9 Å². The van der Waals surface area contributed by atoms with Crippen LogP contribution in [0.1, 0.15) is 36.8 Å². The fourth-order valence-electron chi connectivity index (χ4n) is 2.97. The van der Waals surface area contributed by atoms with Gasteiger partial charge in [-0.3, -0.25) is 14.6 Å². The van der Waals surface area contributed by atoms with Crippen molar-refractivity contribution in [3.8, 4) is 6.07 Å². The lowest BCUT2D eigenvalue weighted by molar-refractivity contribution is -0.130. The SMILES string of the molecule is CN1N=C(C(=O)NC2=NCC(OCc3cc(F)cc(C#N)c3)CC2)CCC1=O. The van der Waals surface area contributed by atoms with E-state index in [1.807, 2.05) is 6.07 Å². The molecule has 28 heavy (non-hydrogen) atoms. The number of amides is 2. The Hall–Kier alpha value is -3.12. The van der Waals surface area contributed by atoms with Crippen LogP contribution in [0.5, 0.6) is 0 Å². The number of carbonyl (C=O) groups is 2. The summed E-state index contributed by atoms with van der Waals surface area (Å²) in [6.07, 6.45) is 1.62. The average molecular weight is 385 g/mol. The van der Waals surface area contributed by atoms with Crippen LogP contribution in [0.2, 0.25) is 0 Å². The maximum atomic E-state index is 13.5. The summed E-state index contributed by atoms with van der Waals surface area (Å²) in [6, 6.07) is 6.02. The Balaban J connectivity index is 1.50. The summed E-state index contributed by atoms with van der Waals surface area (Å²) in [7, 11) is 1.52. The molecule has 1 N–H and O–H groups in total. The first-order valence-corrected chi connectivity index (χ1v) is 8.94. The molecule has 1 atom stereocenters. The molecule has 0 spiro atoms. The van der Waals surface area contributed by atoms with Crippen molar-refractivity contribution in [3.05, 3.63) is 35.1 Å². The van der Waals surface area contributed by atoms with Gasteiger partial charge in [-0.15, -0.1) is 0 Å². The predicted octanol–water partition coefficient (Wildman–Crippen LogP) is 1.50. The zero-order valence-electron chi connectivity index (χ0n) is 15.4. The minimum Gasteiger partial charge on any atom is -0.372 e. The highest BCUT2D eigenvalue weighted by Crippen LogP contribution is 2.15. The molecule has 0 aromatic heterocycles. The molecule has 2 amide bonds. The highest BCUT2D eigenvalue weighted by Gasteiger charge is 2.24. The van der Waals surface area contributed by atoms with Gasteiger partial charge in [0.1, 0.15) is 17.4 Å². The molecule has 0 fully saturated rings. The lowest BCUT2D eigenvalue weighted by Gasteiger charge is -2.23. The van der Waals surface area contributed by atoms with Crippen molar-refractivity contribution in [3.63, 3.8) is 0 Å². The van der Waals surface area contributed by atoms with E-state index in [1.54, 1.807) is 6.07 Å². The standard InChI is InChI=1S/C19H20FN5O3/c1-25-18(26)5-3-16(24-25)19(27)23-17-4-2-15(10-22-17)28-11-13-6-12(9-21)7-14(20)8-13/h6-8,15H,2-5,10-11H2,1H3,(H,22,23,27). The van der Waals surface area contributed by atoms with Crippen LogP contribution in [0, 0.1) is 17.1 Å². The first-order valence-electron chi connectivity index (χ1n) is 8.94. The largest absolute Gasteiger partial charge is 0.372 e. The van der Waals surface area contributed by atoms with Gasteiger partial charge in [-0.25, -0.2) is 9.40 Å². The van der Waals surface area contributed by atoms with Crippen molar-refractivity contribution in [2.75, 3.05) is 13.6 Å². The van der Waals surface area contributed by atoms with Crippen LogP contribution in [-0.4, -0.2) is 48.1 Å². The summed E-state index contributed by atoms with van der Waals surface area (Å²) >= 11 is 0. The van der Waals surface area contributed by atoms with Crippen LogP contribution in [0.3, 0.4) is 0 Å². The number of nitrogens with zero attached hydrogens (tertiary/aromatic N) is 4. The fourth-order valence-corrected chi connectivity index (χ4v) is 2.97. The van der Waals surface area contributed by atoms with E-state index in [4.69, 9.17) is 10.00 Å². The number of carbonyl (C=O) groups excluding carboxylic acids is 2. The number of ether oxygens (including phenoxy) is 1. The van der Waals surface area contributed by atoms with Gasteiger partial charge in [-0.2, -0.15) is 10.4 Å². The van der Waals surface area contributed by atoms with Crippen molar-refractivity contribution in [1.29, 1.82) is 5.26 Å². The third-order valence-corrected chi connectivity index (χ3v) is 4.49. The number of hydrazone groups is 1. The Morgan fingerprint density at radius 2 is 2.21 bits per heavy atom. The minimum absolute atomic E-state index is 0.119. The van der Waals surface area contributed by atoms with Crippen LogP contribution in [-0.2, 0) is 20.9 Å². The van der Waals surface area contributed by atoms with Crippen LogP contribution in [0.15, 0.2) is 28.3 Å². The number of halogens is 1. The summed E-state index contributed by atoms with van der Waals surface area (Å²) in [4.78, 5) is 28.0. The number of nitrogens with one attached hydrogen (secondary N) is 1. The summed E-state index contributed by atoms with van der Waals surface area (Å²) < 4.78 is 19.2. The molecular formula is C19H20FN5O3. The average Bonchev–Trinajstić information content (AvgIpc) is 2.69. The van der Waals surface area contributed by atoms with E-state index in [9.17, 15) is 14.0 Å². The highest BCUT2D eigenvalue weighted by molar-refractivity contribution is 6.42. The van der Waals surface area contributed by atoms with Crippen LogP contribution in [0.25, 0.3) is 0 Å². The highest BCUT2D eigenvalue weighted by atomic mass is 19.1. The topological polar surface area (TPSA) is 107 Å². The first kappa shape index (κ1) is 19.6. The molecular weight excluding hydrogens is 365 g/mol. The van der Waals surface area contributed by atoms with Crippen molar-refractivity contribution in [1.82, 2.24) is 10.3 Å². The maximum absolute atomic E-state index is 13.5. The first-order chi connectivity index (χ1) is 13.4. The number of amidine groups is 1. The van der Waals surface area contributed by atoms with Crippen molar-refractivity contribution >= 4 is 23.4 Å². The van der Waals surface area contributed by atoms with Gasteiger partial charge in [0.15, 0.2) is 0 Å². The smallest absolute Gasteiger partial charge is 0.272 e. The zero-order chi connectivity index (χ0) is 20.1. The number of rotatable bonds is 4. The van der Waals surface area contributed by atoms with E-state index in [0.717, 1.165) is 0 Å². The third-order valence-electron chi connectivity index (χ3n) is 4.49. The summed E-state index contributed by atoms with van der Waals surface area (Å²) in [5.74, 6) is -0.375. The van der Waals surface area contributed by atoms with Crippen LogP contribution >= 0.6 is 0 Å². The molecule has 0 saturated heterocycles. The number of hydrogen-bond acceptors (Lipinski definition) is 6. The van der Waals surface area contributed by atoms with E-state index in [-0.39, 0.29) is 36.5 Å². The van der Waals surface area contributed by atoms with E-state index < -0.39 is 5.82 Å². The number of nitriles is 1. The molecule has 2 aliphatic rings. The van der Waals surface area contributed by atoms with Crippen molar-refractivity contribution in [2.45, 2.75) is 38.4 Å². The Morgan fingerprint density at radius 1 is 1.39 bits per heavy atom. The van der Waals surface area contributed by atoms with Gasteiger partial charge < -0.3 is 10.1 Å². The van der Waals surface area contributed by atoms with Crippen molar-refractivity contribution in [2.24, 2.45) is 10.1 Å². The molecule has 0 bridgehead atoms. The van der Waals surface area contributed by atoms with Gasteiger partial charge in [-0.05, 0) is 30.2 Å². The number of hydrogen-bond donors (Lipinski definition) is 1. The lowest BCUT2D eigenvalue weighted by Crippen LogP contribution is -2.42. The Morgan fingerprint density at radius 3 is 2.89 bits per heavy atom. The van der Waals surface area contributed by atoms with Crippen molar-refractivity contribution < 1.29 is 18.7 Å². The number of aliphatic imine (C=N–C) groups is 1. The third kappa shape index (κ3) is 4.98. The summed E-state index contributed by atoms with van der Waals surface area (Å²) in [5.41, 5.74) is 1.15. The number of benzene rings is 1. The zero-order valence-corrected chi connectivity index (χ0v) is 15.4.